The van der Waals surface area contributed by atoms with Crippen LogP contribution in [0.15, 0.2) is 0 Å². The van der Waals surface area contributed by atoms with Crippen LogP contribution in [-0.2, 0) is 6.42 Å². The summed E-state index contributed by atoms with van der Waals surface area (Å²) in [5.74, 6) is 0.704. The van der Waals surface area contributed by atoms with E-state index in [1.54, 1.807) is 0 Å². The van der Waals surface area contributed by atoms with Crippen LogP contribution in [0, 0.1) is 12.8 Å². The van der Waals surface area contributed by atoms with Crippen LogP contribution < -0.4 is 10.6 Å². The van der Waals surface area contributed by atoms with Gasteiger partial charge in [0.2, 0.25) is 0 Å². The first-order valence-corrected chi connectivity index (χ1v) is 6.88. The van der Waals surface area contributed by atoms with Gasteiger partial charge in [0.25, 0.3) is 0 Å². The summed E-state index contributed by atoms with van der Waals surface area (Å²) in [4.78, 5) is 6.17. The van der Waals surface area contributed by atoms with E-state index in [2.05, 4.69) is 31.4 Å². The van der Waals surface area contributed by atoms with Gasteiger partial charge >= 0.3 is 0 Å². The molecule has 90 valence electrons. The standard InChI is InChI=1S/C12H21N3S/c1-8(2)6-11-12(15-9(3)16-11)10-7-13-4-5-14-10/h8,10,13-14H,4-7H2,1-3H3. The lowest BCUT2D eigenvalue weighted by Crippen LogP contribution is -2.43. The maximum absolute atomic E-state index is 4.70. The number of hydrogen-bond donors (Lipinski definition) is 2. The van der Waals surface area contributed by atoms with Gasteiger partial charge < -0.3 is 10.6 Å². The molecule has 2 heterocycles. The van der Waals surface area contributed by atoms with E-state index >= 15 is 0 Å². The van der Waals surface area contributed by atoms with Crippen molar-refractivity contribution in [2.24, 2.45) is 5.92 Å². The van der Waals surface area contributed by atoms with Gasteiger partial charge in [-0.25, -0.2) is 4.98 Å². The van der Waals surface area contributed by atoms with Gasteiger partial charge in [0, 0.05) is 24.5 Å². The van der Waals surface area contributed by atoms with Crippen LogP contribution in [0.4, 0.5) is 0 Å². The molecule has 16 heavy (non-hydrogen) atoms. The van der Waals surface area contributed by atoms with E-state index < -0.39 is 0 Å². The number of aromatic nitrogens is 1. The van der Waals surface area contributed by atoms with E-state index in [-0.39, 0.29) is 0 Å². The average Bonchev–Trinajstić information content (AvgIpc) is 2.60. The molecule has 0 amide bonds. The van der Waals surface area contributed by atoms with Crippen molar-refractivity contribution >= 4 is 11.3 Å². The van der Waals surface area contributed by atoms with Crippen LogP contribution >= 0.6 is 11.3 Å². The second-order valence-corrected chi connectivity index (χ2v) is 6.14. The number of hydrogen-bond acceptors (Lipinski definition) is 4. The molecular weight excluding hydrogens is 218 g/mol. The fraction of sp³-hybridized carbons (Fsp3) is 0.750. The van der Waals surface area contributed by atoms with E-state index in [9.17, 15) is 0 Å². The van der Waals surface area contributed by atoms with Crippen LogP contribution in [0.3, 0.4) is 0 Å². The molecule has 2 N–H and O–H groups in total. The topological polar surface area (TPSA) is 37.0 Å². The lowest BCUT2D eigenvalue weighted by atomic mass is 10.0. The first kappa shape index (κ1) is 12.0. The van der Waals surface area contributed by atoms with Crippen LogP contribution in [0.2, 0.25) is 0 Å². The summed E-state index contributed by atoms with van der Waals surface area (Å²) in [6, 6.07) is 0.410. The molecule has 1 unspecified atom stereocenters. The van der Waals surface area contributed by atoms with Crippen molar-refractivity contribution in [2.75, 3.05) is 19.6 Å². The third-order valence-corrected chi connectivity index (χ3v) is 3.81. The summed E-state index contributed by atoms with van der Waals surface area (Å²) in [5, 5.41) is 8.16. The van der Waals surface area contributed by atoms with Crippen molar-refractivity contribution < 1.29 is 0 Å². The smallest absolute Gasteiger partial charge is 0.0900 e. The Morgan fingerprint density at radius 2 is 2.25 bits per heavy atom. The lowest BCUT2D eigenvalue weighted by Gasteiger charge is -2.24. The van der Waals surface area contributed by atoms with Crippen LogP contribution in [0.1, 0.15) is 35.5 Å². The lowest BCUT2D eigenvalue weighted by molar-refractivity contribution is 0.421. The minimum Gasteiger partial charge on any atom is -0.314 e. The Morgan fingerprint density at radius 3 is 2.88 bits per heavy atom. The highest BCUT2D eigenvalue weighted by Crippen LogP contribution is 2.26. The quantitative estimate of drug-likeness (QED) is 0.846. The van der Waals surface area contributed by atoms with Gasteiger partial charge in [0.15, 0.2) is 0 Å². The van der Waals surface area contributed by atoms with Crippen molar-refractivity contribution in [3.05, 3.63) is 15.6 Å². The Hall–Kier alpha value is -0.450. The Labute approximate surface area is 102 Å². The first-order chi connectivity index (χ1) is 7.66. The first-order valence-electron chi connectivity index (χ1n) is 6.07. The molecule has 0 spiro atoms. The molecule has 1 aliphatic rings. The summed E-state index contributed by atoms with van der Waals surface area (Å²) in [6.45, 7) is 9.76. The largest absolute Gasteiger partial charge is 0.314 e. The van der Waals surface area contributed by atoms with E-state index in [4.69, 9.17) is 4.98 Å². The summed E-state index contributed by atoms with van der Waals surface area (Å²) in [6.07, 6.45) is 1.15. The number of piperazine rings is 1. The minimum absolute atomic E-state index is 0.410. The molecule has 0 aliphatic carbocycles. The summed E-state index contributed by atoms with van der Waals surface area (Å²) in [5.41, 5.74) is 1.28. The number of rotatable bonds is 3. The molecule has 2 rings (SSSR count). The number of aryl methyl sites for hydroxylation is 1. The van der Waals surface area contributed by atoms with Gasteiger partial charge in [-0.3, -0.25) is 0 Å². The SMILES string of the molecule is Cc1nc(C2CNCCN2)c(CC(C)C)s1. The highest BCUT2D eigenvalue weighted by Gasteiger charge is 2.21. The molecule has 3 nitrogen and oxygen atoms in total. The van der Waals surface area contributed by atoms with E-state index in [0.29, 0.717) is 12.0 Å². The van der Waals surface area contributed by atoms with Crippen LogP contribution in [0.5, 0.6) is 0 Å². The maximum atomic E-state index is 4.70. The molecule has 0 radical (unpaired) electrons. The molecule has 0 bridgehead atoms. The summed E-state index contributed by atoms with van der Waals surface area (Å²) in [7, 11) is 0. The average molecular weight is 239 g/mol. The Bertz CT molecular complexity index is 340. The molecule has 0 aromatic carbocycles. The van der Waals surface area contributed by atoms with Crippen molar-refractivity contribution in [1.29, 1.82) is 0 Å². The third kappa shape index (κ3) is 2.81. The molecule has 1 aromatic rings. The van der Waals surface area contributed by atoms with Gasteiger partial charge in [-0.1, -0.05) is 13.8 Å². The zero-order valence-electron chi connectivity index (χ0n) is 10.3. The van der Waals surface area contributed by atoms with E-state index in [0.717, 1.165) is 26.1 Å². The second kappa shape index (κ2) is 5.25. The van der Waals surface area contributed by atoms with E-state index in [1.165, 1.54) is 15.6 Å². The van der Waals surface area contributed by atoms with E-state index in [1.807, 2.05) is 11.3 Å². The molecule has 1 fully saturated rings. The van der Waals surface area contributed by atoms with Gasteiger partial charge in [0.1, 0.15) is 0 Å². The summed E-state index contributed by atoms with van der Waals surface area (Å²) >= 11 is 1.86. The molecule has 1 aromatic heterocycles. The highest BCUT2D eigenvalue weighted by molar-refractivity contribution is 7.11. The molecular formula is C12H21N3S. The van der Waals surface area contributed by atoms with Crippen LogP contribution in [-0.4, -0.2) is 24.6 Å². The normalized spacial score (nSPS) is 21.6. The molecule has 1 saturated heterocycles. The second-order valence-electron chi connectivity index (χ2n) is 4.85. The molecule has 0 saturated carbocycles. The van der Waals surface area contributed by atoms with Crippen molar-refractivity contribution in [3.63, 3.8) is 0 Å². The Kier molecular flexibility index (Phi) is 3.95. The molecule has 1 atom stereocenters. The predicted octanol–water partition coefficient (Wildman–Crippen LogP) is 1.88. The third-order valence-electron chi connectivity index (χ3n) is 2.80. The monoisotopic (exact) mass is 239 g/mol. The number of nitrogens with zero attached hydrogens (tertiary/aromatic N) is 1. The zero-order chi connectivity index (χ0) is 11.5. The fourth-order valence-corrected chi connectivity index (χ4v) is 3.33. The number of nitrogens with one attached hydrogen (secondary N) is 2. The summed E-state index contributed by atoms with van der Waals surface area (Å²) < 4.78 is 0. The van der Waals surface area contributed by atoms with Gasteiger partial charge in [0.05, 0.1) is 16.7 Å². The van der Waals surface area contributed by atoms with Crippen molar-refractivity contribution in [3.8, 4) is 0 Å². The molecule has 1 aliphatic heterocycles. The maximum Gasteiger partial charge on any atom is 0.0900 e. The number of thiazole rings is 1. The zero-order valence-corrected chi connectivity index (χ0v) is 11.2. The van der Waals surface area contributed by atoms with Crippen molar-refractivity contribution in [1.82, 2.24) is 15.6 Å². The van der Waals surface area contributed by atoms with Crippen molar-refractivity contribution in [2.45, 2.75) is 33.2 Å². The van der Waals surface area contributed by atoms with Gasteiger partial charge in [-0.15, -0.1) is 11.3 Å². The Balaban J connectivity index is 2.17. The predicted molar refractivity (Wildman–Crippen MR) is 69.0 cm³/mol. The highest BCUT2D eigenvalue weighted by atomic mass is 32.1. The van der Waals surface area contributed by atoms with Gasteiger partial charge in [-0.2, -0.15) is 0 Å². The Morgan fingerprint density at radius 1 is 1.44 bits per heavy atom. The van der Waals surface area contributed by atoms with Gasteiger partial charge in [-0.05, 0) is 19.3 Å². The van der Waals surface area contributed by atoms with Crippen LogP contribution in [0.25, 0.3) is 0 Å². The molecule has 4 heteroatoms. The fourth-order valence-electron chi connectivity index (χ4n) is 2.12. The minimum atomic E-state index is 0.410.